The fourth-order valence-electron chi connectivity index (χ4n) is 6.11. The van der Waals surface area contributed by atoms with Gasteiger partial charge in [-0.25, -0.2) is 0 Å². The number of nitrogens with zero attached hydrogens (tertiary/aromatic N) is 1. The van der Waals surface area contributed by atoms with E-state index in [0.717, 1.165) is 5.57 Å². The van der Waals surface area contributed by atoms with Gasteiger partial charge in [-0.05, 0) is 59.2 Å². The van der Waals surface area contributed by atoms with E-state index in [1.807, 2.05) is 38.9 Å². The largest absolute Gasteiger partial charge is 0.455 e. The van der Waals surface area contributed by atoms with Gasteiger partial charge in [0.1, 0.15) is 5.60 Å². The number of Topliss-reactive ketones (excluding diaryl/α,β-unsaturated/α-hetero) is 1. The van der Waals surface area contributed by atoms with Gasteiger partial charge < -0.3 is 24.6 Å². The number of carbonyl (C=O) groups is 2. The number of ether oxygens (including phenoxy) is 2. The summed E-state index contributed by atoms with van der Waals surface area (Å²) >= 11 is 0. The Morgan fingerprint density at radius 2 is 1.94 bits per heavy atom. The Kier molecular flexibility index (Phi) is 6.08. The Labute approximate surface area is 191 Å². The second-order valence-corrected chi connectivity index (χ2v) is 11.2. The molecule has 7 nitrogen and oxygen atoms in total. The van der Waals surface area contributed by atoms with Gasteiger partial charge in [0, 0.05) is 13.0 Å². The molecule has 0 unspecified atom stereocenters. The van der Waals surface area contributed by atoms with Crippen LogP contribution >= 0.6 is 0 Å². The lowest BCUT2D eigenvalue weighted by Crippen LogP contribution is -2.81. The van der Waals surface area contributed by atoms with Crippen molar-refractivity contribution in [3.05, 3.63) is 24.3 Å². The first-order valence-corrected chi connectivity index (χ1v) is 11.4. The smallest absolute Gasteiger partial charge is 0.307 e. The lowest BCUT2D eigenvalue weighted by molar-refractivity contribution is -0.305. The number of rotatable bonds is 5. The first-order chi connectivity index (χ1) is 14.6. The van der Waals surface area contributed by atoms with E-state index < -0.39 is 51.6 Å². The molecular weight excluding hydrogens is 410 g/mol. The molecular formula is C25H39NO6. The number of aliphatic hydroxyl groups excluding tert-OH is 1. The molecule has 2 aliphatic carbocycles. The quantitative estimate of drug-likeness (QED) is 0.491. The van der Waals surface area contributed by atoms with E-state index in [0.29, 0.717) is 19.4 Å². The topological polar surface area (TPSA) is 96.3 Å². The van der Waals surface area contributed by atoms with Gasteiger partial charge in [-0.15, -0.1) is 6.58 Å². The van der Waals surface area contributed by atoms with E-state index in [-0.39, 0.29) is 12.8 Å². The highest BCUT2D eigenvalue weighted by Gasteiger charge is 2.76. The van der Waals surface area contributed by atoms with Crippen molar-refractivity contribution in [3.63, 3.8) is 0 Å². The summed E-state index contributed by atoms with van der Waals surface area (Å²) in [5, 5.41) is 23.5. The molecule has 2 fully saturated rings. The van der Waals surface area contributed by atoms with Crippen molar-refractivity contribution in [1.82, 2.24) is 4.90 Å². The molecule has 1 saturated carbocycles. The molecule has 6 atom stereocenters. The Morgan fingerprint density at radius 3 is 2.50 bits per heavy atom. The van der Waals surface area contributed by atoms with Crippen LogP contribution in [-0.4, -0.2) is 76.5 Å². The standard InChI is InChI=1S/C25H39NO6/c1-9-22(4)15-18(28)25(30)23(5)16(21(2,3)12-10-17(23)27)14-19(24(25,6)32-22)31-20(29)11-13-26(7)8/h9,14,17,19,27,30H,1,10-13,15H2,2-8H3/t17-,19-,22-,23+,24+,25-/m0/s1. The van der Waals surface area contributed by atoms with Crippen LogP contribution in [0.3, 0.4) is 0 Å². The van der Waals surface area contributed by atoms with E-state index >= 15 is 0 Å². The fourth-order valence-corrected chi connectivity index (χ4v) is 6.11. The summed E-state index contributed by atoms with van der Waals surface area (Å²) in [6, 6.07) is 0. The first kappa shape index (κ1) is 25.1. The lowest BCUT2D eigenvalue weighted by atomic mass is 9.44. The number of ketones is 1. The van der Waals surface area contributed by atoms with Crippen LogP contribution in [0.4, 0.5) is 0 Å². The maximum atomic E-state index is 13.7. The molecule has 0 aromatic rings. The highest BCUT2D eigenvalue weighted by molar-refractivity contribution is 5.93. The minimum atomic E-state index is -2.09. The number of carbonyl (C=O) groups excluding carboxylic acids is 2. The summed E-state index contributed by atoms with van der Waals surface area (Å²) in [7, 11) is 3.73. The second kappa shape index (κ2) is 7.76. The minimum Gasteiger partial charge on any atom is -0.455 e. The summed E-state index contributed by atoms with van der Waals surface area (Å²) < 4.78 is 12.3. The third-order valence-corrected chi connectivity index (χ3v) is 8.14. The highest BCUT2D eigenvalue weighted by atomic mass is 16.6. The van der Waals surface area contributed by atoms with E-state index in [1.165, 1.54) is 0 Å². The molecule has 180 valence electrons. The van der Waals surface area contributed by atoms with Gasteiger partial charge in [-0.3, -0.25) is 9.59 Å². The maximum absolute atomic E-state index is 13.7. The highest BCUT2D eigenvalue weighted by Crippen LogP contribution is 2.64. The van der Waals surface area contributed by atoms with Crippen LogP contribution in [0, 0.1) is 10.8 Å². The van der Waals surface area contributed by atoms with Crippen LogP contribution in [0.1, 0.15) is 60.3 Å². The summed E-state index contributed by atoms with van der Waals surface area (Å²) in [6.45, 7) is 13.5. The monoisotopic (exact) mass is 449 g/mol. The molecule has 3 aliphatic rings. The number of aliphatic hydroxyl groups is 2. The molecule has 0 amide bonds. The van der Waals surface area contributed by atoms with Crippen molar-refractivity contribution in [1.29, 1.82) is 0 Å². The molecule has 1 heterocycles. The van der Waals surface area contributed by atoms with Crippen molar-refractivity contribution in [2.75, 3.05) is 20.6 Å². The summed E-state index contributed by atoms with van der Waals surface area (Å²) in [4.78, 5) is 28.4. The number of hydrogen-bond donors (Lipinski definition) is 2. The Bertz CT molecular complexity index is 849. The van der Waals surface area contributed by atoms with Crippen molar-refractivity contribution < 1.29 is 29.3 Å². The third-order valence-electron chi connectivity index (χ3n) is 8.14. The van der Waals surface area contributed by atoms with Gasteiger partial charge in [0.25, 0.3) is 0 Å². The minimum absolute atomic E-state index is 0.0834. The molecule has 3 rings (SSSR count). The van der Waals surface area contributed by atoms with E-state index in [9.17, 15) is 19.8 Å². The van der Waals surface area contributed by atoms with Crippen LogP contribution in [0.2, 0.25) is 0 Å². The SMILES string of the molecule is C=C[C@@]1(C)CC(=O)[C@@]2(O)[C@](C)(O1)[C@@H](OC(=O)CCN(C)C)C=C1C(C)(C)CC[C@H](O)[C@@]12C. The molecule has 0 radical (unpaired) electrons. The van der Waals surface area contributed by atoms with E-state index in [2.05, 4.69) is 6.58 Å². The zero-order valence-electron chi connectivity index (χ0n) is 20.5. The molecule has 32 heavy (non-hydrogen) atoms. The third kappa shape index (κ3) is 3.40. The van der Waals surface area contributed by atoms with E-state index in [1.54, 1.807) is 26.8 Å². The van der Waals surface area contributed by atoms with Gasteiger partial charge in [0.2, 0.25) is 0 Å². The molecule has 7 heteroatoms. The van der Waals surface area contributed by atoms with Gasteiger partial charge in [0.15, 0.2) is 17.5 Å². The Morgan fingerprint density at radius 1 is 1.31 bits per heavy atom. The van der Waals surface area contributed by atoms with Crippen molar-refractivity contribution in [2.45, 2.75) is 89.3 Å². The van der Waals surface area contributed by atoms with Gasteiger partial charge in [-0.1, -0.05) is 25.5 Å². The van der Waals surface area contributed by atoms with Crippen molar-refractivity contribution in [2.24, 2.45) is 10.8 Å². The van der Waals surface area contributed by atoms with Crippen LogP contribution in [-0.2, 0) is 19.1 Å². The molecule has 1 saturated heterocycles. The van der Waals surface area contributed by atoms with Crippen molar-refractivity contribution in [3.8, 4) is 0 Å². The van der Waals surface area contributed by atoms with Crippen LogP contribution < -0.4 is 0 Å². The lowest BCUT2D eigenvalue weighted by Gasteiger charge is -2.66. The Hall–Kier alpha value is -1.54. The molecule has 2 N–H and O–H groups in total. The van der Waals surface area contributed by atoms with Crippen molar-refractivity contribution >= 4 is 11.8 Å². The maximum Gasteiger partial charge on any atom is 0.307 e. The molecule has 0 spiro atoms. The number of fused-ring (bicyclic) bond motifs is 3. The van der Waals surface area contributed by atoms with Gasteiger partial charge in [0.05, 0.1) is 23.5 Å². The molecule has 0 aromatic heterocycles. The van der Waals surface area contributed by atoms with Gasteiger partial charge >= 0.3 is 5.97 Å². The average molecular weight is 450 g/mol. The zero-order valence-corrected chi connectivity index (χ0v) is 20.5. The summed E-state index contributed by atoms with van der Waals surface area (Å²) in [5.41, 5.74) is -5.69. The van der Waals surface area contributed by atoms with Crippen LogP contribution in [0.5, 0.6) is 0 Å². The summed E-state index contributed by atoms with van der Waals surface area (Å²) in [5.74, 6) is -0.878. The average Bonchev–Trinajstić information content (AvgIpc) is 2.69. The fraction of sp³-hybridized carbons (Fsp3) is 0.760. The predicted molar refractivity (Wildman–Crippen MR) is 121 cm³/mol. The second-order valence-electron chi connectivity index (χ2n) is 11.2. The first-order valence-electron chi connectivity index (χ1n) is 11.4. The van der Waals surface area contributed by atoms with E-state index in [4.69, 9.17) is 9.47 Å². The molecule has 1 aliphatic heterocycles. The molecule has 0 aromatic carbocycles. The van der Waals surface area contributed by atoms with Crippen LogP contribution in [0.25, 0.3) is 0 Å². The van der Waals surface area contributed by atoms with Crippen LogP contribution in [0.15, 0.2) is 24.3 Å². The zero-order chi connectivity index (χ0) is 24.3. The number of esters is 1. The number of hydrogen-bond acceptors (Lipinski definition) is 7. The predicted octanol–water partition coefficient (Wildman–Crippen LogP) is 2.40. The summed E-state index contributed by atoms with van der Waals surface area (Å²) in [6.07, 6.45) is 2.62. The molecule has 0 bridgehead atoms. The Balaban J connectivity index is 2.21. The normalized spacial score (nSPS) is 43.2. The van der Waals surface area contributed by atoms with Gasteiger partial charge in [-0.2, -0.15) is 0 Å².